The third kappa shape index (κ3) is 3.58. The van der Waals surface area contributed by atoms with Gasteiger partial charge in [-0.15, -0.1) is 0 Å². The second-order valence-electron chi connectivity index (χ2n) is 5.52. The number of nitrogens with zero attached hydrogens (tertiary/aromatic N) is 1. The van der Waals surface area contributed by atoms with Crippen molar-refractivity contribution in [3.05, 3.63) is 29.8 Å². The van der Waals surface area contributed by atoms with Crippen LogP contribution in [0.2, 0.25) is 0 Å². The molecule has 1 aliphatic heterocycles. The number of nitrogens with two attached hydrogens (primary N) is 1. The predicted molar refractivity (Wildman–Crippen MR) is 79.8 cm³/mol. The van der Waals surface area contributed by atoms with Crippen LogP contribution in [-0.2, 0) is 16.6 Å². The van der Waals surface area contributed by atoms with Crippen LogP contribution >= 0.6 is 0 Å². The number of hydrogen-bond acceptors (Lipinski definition) is 4. The van der Waals surface area contributed by atoms with Gasteiger partial charge in [0.2, 0.25) is 10.0 Å². The van der Waals surface area contributed by atoms with E-state index in [1.165, 1.54) is 0 Å². The van der Waals surface area contributed by atoms with Gasteiger partial charge in [0.1, 0.15) is 0 Å². The number of likely N-dealkylation sites (tertiary alicyclic amines) is 1. The molecule has 3 N–H and O–H groups in total. The van der Waals surface area contributed by atoms with Crippen LogP contribution in [0.3, 0.4) is 0 Å². The lowest BCUT2D eigenvalue weighted by Crippen LogP contribution is -2.47. The van der Waals surface area contributed by atoms with Crippen LogP contribution in [0.15, 0.2) is 29.2 Å². The first-order valence-corrected chi connectivity index (χ1v) is 8.42. The van der Waals surface area contributed by atoms with Gasteiger partial charge in [0.05, 0.1) is 4.90 Å². The molecule has 2 unspecified atom stereocenters. The highest BCUT2D eigenvalue weighted by atomic mass is 32.2. The molecule has 0 saturated carbocycles. The SMILES string of the molecule is CC1CC(NS(=O)(=O)c2ccc(CN)cc2)CCN1C. The van der Waals surface area contributed by atoms with E-state index < -0.39 is 10.0 Å². The first-order chi connectivity index (χ1) is 9.42. The number of piperidine rings is 1. The summed E-state index contributed by atoms with van der Waals surface area (Å²) >= 11 is 0. The number of nitrogens with one attached hydrogen (secondary N) is 1. The van der Waals surface area contributed by atoms with Gasteiger partial charge in [0.15, 0.2) is 0 Å². The molecule has 0 spiro atoms. The first-order valence-electron chi connectivity index (χ1n) is 6.94. The predicted octanol–water partition coefficient (Wildman–Crippen LogP) is 0.906. The zero-order chi connectivity index (χ0) is 14.8. The van der Waals surface area contributed by atoms with Gasteiger partial charge in [0.25, 0.3) is 0 Å². The average molecular weight is 297 g/mol. The van der Waals surface area contributed by atoms with E-state index in [0.29, 0.717) is 17.5 Å². The summed E-state index contributed by atoms with van der Waals surface area (Å²) in [5, 5.41) is 0. The first kappa shape index (κ1) is 15.4. The van der Waals surface area contributed by atoms with Crippen molar-refractivity contribution in [3.63, 3.8) is 0 Å². The molecule has 6 heteroatoms. The number of hydrogen-bond donors (Lipinski definition) is 2. The molecule has 1 aromatic rings. The smallest absolute Gasteiger partial charge is 0.240 e. The summed E-state index contributed by atoms with van der Waals surface area (Å²) in [5.74, 6) is 0. The number of sulfonamides is 1. The van der Waals surface area contributed by atoms with Crippen molar-refractivity contribution in [1.29, 1.82) is 0 Å². The van der Waals surface area contributed by atoms with Gasteiger partial charge < -0.3 is 10.6 Å². The van der Waals surface area contributed by atoms with Gasteiger partial charge >= 0.3 is 0 Å². The molecule has 2 rings (SSSR count). The van der Waals surface area contributed by atoms with Crippen LogP contribution in [0.25, 0.3) is 0 Å². The lowest BCUT2D eigenvalue weighted by atomic mass is 10.0. The Kier molecular flexibility index (Phi) is 4.80. The van der Waals surface area contributed by atoms with Crippen LogP contribution in [0.5, 0.6) is 0 Å². The zero-order valence-electron chi connectivity index (χ0n) is 12.0. The summed E-state index contributed by atoms with van der Waals surface area (Å²) in [6, 6.07) is 7.15. The van der Waals surface area contributed by atoms with Crippen molar-refractivity contribution in [2.24, 2.45) is 5.73 Å². The average Bonchev–Trinajstić information content (AvgIpc) is 2.43. The standard InChI is InChI=1S/C14H23N3O2S/c1-11-9-13(7-8-17(11)2)16-20(18,19)14-5-3-12(10-15)4-6-14/h3-6,11,13,16H,7-10,15H2,1-2H3. The second-order valence-corrected chi connectivity index (χ2v) is 7.23. The van der Waals surface area contributed by atoms with Gasteiger partial charge in [-0.25, -0.2) is 13.1 Å². The third-order valence-electron chi connectivity index (χ3n) is 4.00. The Bertz CT molecular complexity index is 542. The van der Waals surface area contributed by atoms with Gasteiger partial charge in [-0.05, 0) is 51.1 Å². The molecule has 0 aliphatic carbocycles. The molecule has 20 heavy (non-hydrogen) atoms. The summed E-state index contributed by atoms with van der Waals surface area (Å²) in [6.07, 6.45) is 1.69. The molecule has 5 nitrogen and oxygen atoms in total. The molecule has 1 aliphatic rings. The fourth-order valence-electron chi connectivity index (χ4n) is 2.49. The second kappa shape index (κ2) is 6.22. The number of rotatable bonds is 4. The molecular weight excluding hydrogens is 274 g/mol. The Morgan fingerprint density at radius 1 is 1.35 bits per heavy atom. The Hall–Kier alpha value is -0.950. The minimum absolute atomic E-state index is 0.0142. The molecule has 0 radical (unpaired) electrons. The molecule has 1 fully saturated rings. The molecule has 112 valence electrons. The monoisotopic (exact) mass is 297 g/mol. The highest BCUT2D eigenvalue weighted by molar-refractivity contribution is 7.89. The molecule has 1 saturated heterocycles. The lowest BCUT2D eigenvalue weighted by Gasteiger charge is -2.35. The van der Waals surface area contributed by atoms with Gasteiger partial charge in [-0.3, -0.25) is 0 Å². The summed E-state index contributed by atoms with van der Waals surface area (Å²) < 4.78 is 27.5. The van der Waals surface area contributed by atoms with Crippen LogP contribution in [0.1, 0.15) is 25.3 Å². The van der Waals surface area contributed by atoms with E-state index in [2.05, 4.69) is 23.6 Å². The normalized spacial score (nSPS) is 24.8. The van der Waals surface area contributed by atoms with Crippen LogP contribution in [-0.4, -0.2) is 39.0 Å². The topological polar surface area (TPSA) is 75.4 Å². The van der Waals surface area contributed by atoms with E-state index in [1.54, 1.807) is 24.3 Å². The lowest BCUT2D eigenvalue weighted by molar-refractivity contribution is 0.178. The van der Waals surface area contributed by atoms with Crippen molar-refractivity contribution in [3.8, 4) is 0 Å². The van der Waals surface area contributed by atoms with Crippen molar-refractivity contribution in [2.75, 3.05) is 13.6 Å². The molecule has 2 atom stereocenters. The molecule has 1 aromatic carbocycles. The van der Waals surface area contributed by atoms with Crippen molar-refractivity contribution in [2.45, 2.75) is 43.3 Å². The van der Waals surface area contributed by atoms with Crippen molar-refractivity contribution < 1.29 is 8.42 Å². The highest BCUT2D eigenvalue weighted by Crippen LogP contribution is 2.18. The summed E-state index contributed by atoms with van der Waals surface area (Å²) in [7, 11) is -1.36. The van der Waals surface area contributed by atoms with E-state index in [4.69, 9.17) is 5.73 Å². The Morgan fingerprint density at radius 3 is 2.55 bits per heavy atom. The summed E-state index contributed by atoms with van der Waals surface area (Å²) in [6.45, 7) is 3.46. The maximum atomic E-state index is 12.3. The minimum Gasteiger partial charge on any atom is -0.326 e. The quantitative estimate of drug-likeness (QED) is 0.866. The largest absolute Gasteiger partial charge is 0.326 e. The van der Waals surface area contributed by atoms with Gasteiger partial charge in [0, 0.05) is 18.6 Å². The van der Waals surface area contributed by atoms with E-state index in [1.807, 2.05) is 0 Å². The van der Waals surface area contributed by atoms with E-state index in [9.17, 15) is 8.42 Å². The Morgan fingerprint density at radius 2 is 2.00 bits per heavy atom. The molecule has 0 aromatic heterocycles. The van der Waals surface area contributed by atoms with E-state index in [-0.39, 0.29) is 6.04 Å². The van der Waals surface area contributed by atoms with Gasteiger partial charge in [-0.1, -0.05) is 12.1 Å². The van der Waals surface area contributed by atoms with Crippen molar-refractivity contribution >= 4 is 10.0 Å². The molecule has 0 bridgehead atoms. The fourth-order valence-corrected chi connectivity index (χ4v) is 3.77. The Balaban J connectivity index is 2.07. The maximum Gasteiger partial charge on any atom is 0.240 e. The molecular formula is C14H23N3O2S. The van der Waals surface area contributed by atoms with E-state index in [0.717, 1.165) is 24.9 Å². The van der Waals surface area contributed by atoms with E-state index >= 15 is 0 Å². The minimum atomic E-state index is -3.44. The summed E-state index contributed by atoms with van der Waals surface area (Å²) in [5.41, 5.74) is 6.44. The Labute approximate surface area is 121 Å². The van der Waals surface area contributed by atoms with Crippen LogP contribution in [0, 0.1) is 0 Å². The summed E-state index contributed by atoms with van der Waals surface area (Å²) in [4.78, 5) is 2.56. The molecule has 1 heterocycles. The van der Waals surface area contributed by atoms with Crippen LogP contribution in [0.4, 0.5) is 0 Å². The van der Waals surface area contributed by atoms with Crippen molar-refractivity contribution in [1.82, 2.24) is 9.62 Å². The maximum absolute atomic E-state index is 12.3. The zero-order valence-corrected chi connectivity index (χ0v) is 12.9. The van der Waals surface area contributed by atoms with Crippen LogP contribution < -0.4 is 10.5 Å². The number of benzene rings is 1. The van der Waals surface area contributed by atoms with Gasteiger partial charge in [-0.2, -0.15) is 0 Å². The fraction of sp³-hybridized carbons (Fsp3) is 0.571. The highest BCUT2D eigenvalue weighted by Gasteiger charge is 2.26. The molecule has 0 amide bonds. The third-order valence-corrected chi connectivity index (χ3v) is 5.54.